The number of methoxy groups -OCH3 is 1. The van der Waals surface area contributed by atoms with Crippen molar-refractivity contribution in [3.63, 3.8) is 0 Å². The lowest BCUT2D eigenvalue weighted by Gasteiger charge is -2.16. The van der Waals surface area contributed by atoms with Gasteiger partial charge in [0.1, 0.15) is 23.9 Å². The second kappa shape index (κ2) is 11.6. The van der Waals surface area contributed by atoms with Gasteiger partial charge in [-0.3, -0.25) is 0 Å². The fourth-order valence-corrected chi connectivity index (χ4v) is 3.08. The summed E-state index contributed by atoms with van der Waals surface area (Å²) in [7, 11) is 1.23. The van der Waals surface area contributed by atoms with Crippen LogP contribution in [0.4, 0.5) is 13.2 Å². The van der Waals surface area contributed by atoms with Crippen LogP contribution < -0.4 is 9.47 Å². The Morgan fingerprint density at radius 2 is 1.80 bits per heavy atom. The highest BCUT2D eigenvalue weighted by atomic mass is 35.5. The van der Waals surface area contributed by atoms with Crippen molar-refractivity contribution in [3.05, 3.63) is 88.4 Å². The van der Waals surface area contributed by atoms with E-state index in [0.29, 0.717) is 5.56 Å². The quantitative estimate of drug-likeness (QED) is 0.184. The zero-order valence-corrected chi connectivity index (χ0v) is 19.5. The summed E-state index contributed by atoms with van der Waals surface area (Å²) >= 11 is 5.98. The number of oxime groups is 1. The van der Waals surface area contributed by atoms with Crippen molar-refractivity contribution in [3.8, 4) is 17.2 Å². The zero-order valence-electron chi connectivity index (χ0n) is 18.7. The fraction of sp³-hybridized carbons (Fsp3) is 0.200. The molecule has 35 heavy (non-hydrogen) atoms. The van der Waals surface area contributed by atoms with Crippen LogP contribution in [0.1, 0.15) is 23.6 Å². The molecule has 0 amide bonds. The van der Waals surface area contributed by atoms with Gasteiger partial charge in [0.2, 0.25) is 0 Å². The normalized spacial score (nSPS) is 12.3. The Kier molecular flexibility index (Phi) is 8.59. The van der Waals surface area contributed by atoms with E-state index in [-0.39, 0.29) is 28.9 Å². The van der Waals surface area contributed by atoms with Crippen molar-refractivity contribution in [1.29, 1.82) is 0 Å². The molecule has 1 unspecified atom stereocenters. The molecule has 0 spiro atoms. The van der Waals surface area contributed by atoms with Gasteiger partial charge in [0.25, 0.3) is 0 Å². The molecule has 0 radical (unpaired) electrons. The highest BCUT2D eigenvalue weighted by Gasteiger charge is 2.31. The second-order valence-electron chi connectivity index (χ2n) is 7.22. The molecule has 0 N–H and O–H groups in total. The molecule has 184 valence electrons. The fourth-order valence-electron chi connectivity index (χ4n) is 2.86. The number of hydrogen-bond donors (Lipinski definition) is 0. The molecular weight excluding hydrogens is 487 g/mol. The molecule has 10 heteroatoms. The monoisotopic (exact) mass is 507 g/mol. The van der Waals surface area contributed by atoms with Crippen molar-refractivity contribution >= 4 is 23.8 Å². The van der Waals surface area contributed by atoms with E-state index in [4.69, 9.17) is 25.9 Å². The molecule has 6 nitrogen and oxygen atoms in total. The molecule has 0 saturated heterocycles. The first-order valence-electron chi connectivity index (χ1n) is 10.3. The minimum Gasteiger partial charge on any atom is -0.478 e. The van der Waals surface area contributed by atoms with Gasteiger partial charge in [-0.15, -0.1) is 0 Å². The first-order chi connectivity index (χ1) is 16.7. The van der Waals surface area contributed by atoms with Crippen molar-refractivity contribution < 1.29 is 37.0 Å². The van der Waals surface area contributed by atoms with Crippen LogP contribution in [0.5, 0.6) is 17.2 Å². The summed E-state index contributed by atoms with van der Waals surface area (Å²) in [4.78, 5) is 17.1. The number of esters is 1. The number of rotatable bonds is 9. The van der Waals surface area contributed by atoms with Gasteiger partial charge in [-0.1, -0.05) is 47.1 Å². The SMILES string of the molecule is COC(=O)C(C)Oc1cc(Oc2ccc(C(F)(F)F)cc2Cl)ccc1C=NOCc1ccccc1. The van der Waals surface area contributed by atoms with Gasteiger partial charge in [-0.2, -0.15) is 13.2 Å². The van der Waals surface area contributed by atoms with E-state index in [2.05, 4.69) is 9.89 Å². The average Bonchev–Trinajstić information content (AvgIpc) is 2.83. The van der Waals surface area contributed by atoms with Crippen LogP contribution in [-0.4, -0.2) is 25.4 Å². The van der Waals surface area contributed by atoms with Crippen molar-refractivity contribution in [2.24, 2.45) is 5.16 Å². The van der Waals surface area contributed by atoms with Gasteiger partial charge >= 0.3 is 12.1 Å². The molecule has 3 aromatic rings. The third-order valence-corrected chi connectivity index (χ3v) is 4.94. The molecule has 3 aromatic carbocycles. The van der Waals surface area contributed by atoms with E-state index in [1.165, 1.54) is 26.3 Å². The van der Waals surface area contributed by atoms with Crippen molar-refractivity contribution in [1.82, 2.24) is 0 Å². The summed E-state index contributed by atoms with van der Waals surface area (Å²) in [6.45, 7) is 1.75. The number of hydrogen-bond acceptors (Lipinski definition) is 6. The Labute approximate surface area is 204 Å². The van der Waals surface area contributed by atoms with Crippen LogP contribution in [0.3, 0.4) is 0 Å². The van der Waals surface area contributed by atoms with Gasteiger partial charge in [0.05, 0.1) is 23.9 Å². The largest absolute Gasteiger partial charge is 0.478 e. The van der Waals surface area contributed by atoms with Gasteiger partial charge in [-0.25, -0.2) is 4.79 Å². The molecule has 0 aliphatic carbocycles. The molecule has 3 rings (SSSR count). The second-order valence-corrected chi connectivity index (χ2v) is 7.63. The van der Waals surface area contributed by atoms with Crippen LogP contribution in [0.2, 0.25) is 5.02 Å². The first kappa shape index (κ1) is 25.9. The average molecular weight is 508 g/mol. The van der Waals surface area contributed by atoms with Crippen LogP contribution in [0, 0.1) is 0 Å². The Balaban J connectivity index is 1.81. The number of alkyl halides is 3. The molecule has 0 aliphatic heterocycles. The Bertz CT molecular complexity index is 1190. The minimum absolute atomic E-state index is 0.0132. The smallest absolute Gasteiger partial charge is 0.416 e. The lowest BCUT2D eigenvalue weighted by molar-refractivity contribution is -0.148. The van der Waals surface area contributed by atoms with Gasteiger partial charge in [-0.05, 0) is 42.8 Å². The molecule has 0 bridgehead atoms. The number of halogens is 4. The van der Waals surface area contributed by atoms with E-state index in [9.17, 15) is 18.0 Å². The predicted molar refractivity (Wildman–Crippen MR) is 124 cm³/mol. The molecule has 0 heterocycles. The third-order valence-electron chi connectivity index (χ3n) is 4.65. The standard InChI is InChI=1S/C25H21ClF3NO5/c1-16(24(31)32-2)34-23-13-20(35-22-11-9-19(12-21(22)26)25(27,28)29)10-8-18(23)14-30-33-15-17-6-4-3-5-7-17/h3-14,16H,15H2,1-2H3. The molecule has 1 atom stereocenters. The summed E-state index contributed by atoms with van der Waals surface area (Å²) in [5, 5.41) is 3.72. The molecule has 0 saturated carbocycles. The number of benzene rings is 3. The maximum atomic E-state index is 12.9. The van der Waals surface area contributed by atoms with Gasteiger partial charge in [0, 0.05) is 11.6 Å². The van der Waals surface area contributed by atoms with Crippen LogP contribution in [0.25, 0.3) is 0 Å². The van der Waals surface area contributed by atoms with Gasteiger partial charge in [0.15, 0.2) is 6.10 Å². The highest BCUT2D eigenvalue weighted by Crippen LogP contribution is 2.37. The van der Waals surface area contributed by atoms with Crippen LogP contribution in [-0.2, 0) is 27.2 Å². The molecule has 0 aliphatic rings. The summed E-state index contributed by atoms with van der Waals surface area (Å²) in [6.07, 6.45) is -4.09. The molecular formula is C25H21ClF3NO5. The number of nitrogens with zero attached hydrogens (tertiary/aromatic N) is 1. The van der Waals surface area contributed by atoms with Crippen LogP contribution >= 0.6 is 11.6 Å². The van der Waals surface area contributed by atoms with Crippen molar-refractivity contribution in [2.45, 2.75) is 25.8 Å². The summed E-state index contributed by atoms with van der Waals surface area (Å²) in [5.41, 5.74) is 0.491. The molecule has 0 fully saturated rings. The highest BCUT2D eigenvalue weighted by molar-refractivity contribution is 6.32. The van der Waals surface area contributed by atoms with E-state index in [0.717, 1.165) is 23.8 Å². The van der Waals surface area contributed by atoms with Gasteiger partial charge < -0.3 is 19.0 Å². The Hall–Kier alpha value is -3.72. The summed E-state index contributed by atoms with van der Waals surface area (Å²) in [5.74, 6) is -0.180. The maximum absolute atomic E-state index is 12.9. The lowest BCUT2D eigenvalue weighted by Crippen LogP contribution is -2.25. The van der Waals surface area contributed by atoms with E-state index >= 15 is 0 Å². The minimum atomic E-state index is -4.53. The van der Waals surface area contributed by atoms with E-state index in [1.54, 1.807) is 12.1 Å². The topological polar surface area (TPSA) is 66.4 Å². The number of carbonyl (C=O) groups excluding carboxylic acids is 1. The number of carbonyl (C=O) groups is 1. The lowest BCUT2D eigenvalue weighted by atomic mass is 10.2. The number of ether oxygens (including phenoxy) is 3. The predicted octanol–water partition coefficient (Wildman–Crippen LogP) is 6.64. The molecule has 0 aromatic heterocycles. The summed E-state index contributed by atoms with van der Waals surface area (Å²) in [6, 6.07) is 16.8. The Morgan fingerprint density at radius 3 is 2.46 bits per heavy atom. The van der Waals surface area contributed by atoms with E-state index < -0.39 is 23.8 Å². The Morgan fingerprint density at radius 1 is 1.06 bits per heavy atom. The van der Waals surface area contributed by atoms with E-state index in [1.807, 2.05) is 30.3 Å². The zero-order chi connectivity index (χ0) is 25.4. The van der Waals surface area contributed by atoms with Crippen molar-refractivity contribution in [2.75, 3.05) is 7.11 Å². The maximum Gasteiger partial charge on any atom is 0.416 e. The summed E-state index contributed by atoms with van der Waals surface area (Å²) < 4.78 is 54.7. The van der Waals surface area contributed by atoms with Crippen LogP contribution in [0.15, 0.2) is 71.9 Å². The third kappa shape index (κ3) is 7.38. The first-order valence-corrected chi connectivity index (χ1v) is 10.7.